The summed E-state index contributed by atoms with van der Waals surface area (Å²) in [4.78, 5) is 16.5. The molecule has 0 atom stereocenters. The predicted octanol–water partition coefficient (Wildman–Crippen LogP) is 4.16. The fraction of sp³-hybridized carbons (Fsp3) is 0.0909. The van der Waals surface area contributed by atoms with Crippen LogP contribution in [0.3, 0.4) is 0 Å². The highest BCUT2D eigenvalue weighted by molar-refractivity contribution is 6.12. The van der Waals surface area contributed by atoms with E-state index in [4.69, 9.17) is 14.2 Å². The van der Waals surface area contributed by atoms with Crippen molar-refractivity contribution in [2.45, 2.75) is 0 Å². The third-order valence-corrected chi connectivity index (χ3v) is 3.64. The van der Waals surface area contributed by atoms with Gasteiger partial charge in [-0.2, -0.15) is 0 Å². The van der Waals surface area contributed by atoms with E-state index in [2.05, 4.69) is 18.2 Å². The van der Waals surface area contributed by atoms with E-state index in [-0.39, 0.29) is 11.6 Å². The Kier molecular flexibility index (Phi) is 5.84. The first kappa shape index (κ1) is 18.2. The molecule has 0 aromatic heterocycles. The fourth-order valence-corrected chi connectivity index (χ4v) is 2.41. The van der Waals surface area contributed by atoms with Crippen molar-refractivity contribution >= 4 is 17.9 Å². The zero-order chi connectivity index (χ0) is 19.1. The van der Waals surface area contributed by atoms with E-state index in [1.165, 1.54) is 0 Å². The normalized spacial score (nSPS) is 14.4. The molecule has 0 fully saturated rings. The number of hydrogen-bond donors (Lipinski definition) is 0. The third-order valence-electron chi connectivity index (χ3n) is 3.64. The summed E-state index contributed by atoms with van der Waals surface area (Å²) in [6.07, 6.45) is 4.94. The second kappa shape index (κ2) is 8.67. The molecule has 0 radical (unpaired) electrons. The highest BCUT2D eigenvalue weighted by atomic mass is 16.6. The minimum absolute atomic E-state index is 0.206. The molecule has 5 heteroatoms. The zero-order valence-corrected chi connectivity index (χ0v) is 14.8. The van der Waals surface area contributed by atoms with Gasteiger partial charge in [0, 0.05) is 17.2 Å². The van der Waals surface area contributed by atoms with Crippen LogP contribution in [-0.2, 0) is 9.53 Å². The second-order valence-electron chi connectivity index (χ2n) is 5.60. The minimum atomic E-state index is -0.504. The Morgan fingerprint density at radius 3 is 2.48 bits per heavy atom. The molecular formula is C22H19NO4. The lowest BCUT2D eigenvalue weighted by Gasteiger charge is -2.10. The summed E-state index contributed by atoms with van der Waals surface area (Å²) in [5.41, 5.74) is 1.63. The summed E-state index contributed by atoms with van der Waals surface area (Å²) in [6.45, 7) is 8.00. The van der Waals surface area contributed by atoms with Gasteiger partial charge in [-0.15, -0.1) is 0 Å². The van der Waals surface area contributed by atoms with Crippen LogP contribution in [-0.4, -0.2) is 25.1 Å². The van der Waals surface area contributed by atoms with Gasteiger partial charge in [-0.3, -0.25) is 0 Å². The Hall–Kier alpha value is -3.60. The minimum Gasteiger partial charge on any atom is -0.489 e. The van der Waals surface area contributed by atoms with Crippen molar-refractivity contribution in [2.24, 2.45) is 4.99 Å². The van der Waals surface area contributed by atoms with Crippen LogP contribution in [0.5, 0.6) is 11.5 Å². The van der Waals surface area contributed by atoms with Gasteiger partial charge in [0.2, 0.25) is 5.90 Å². The van der Waals surface area contributed by atoms with Crippen molar-refractivity contribution < 1.29 is 19.0 Å². The van der Waals surface area contributed by atoms with Gasteiger partial charge in [0.1, 0.15) is 24.7 Å². The van der Waals surface area contributed by atoms with E-state index in [9.17, 15) is 4.79 Å². The van der Waals surface area contributed by atoms with Crippen LogP contribution in [0.4, 0.5) is 0 Å². The van der Waals surface area contributed by atoms with E-state index < -0.39 is 5.97 Å². The van der Waals surface area contributed by atoms with Gasteiger partial charge in [0.05, 0.1) is 0 Å². The summed E-state index contributed by atoms with van der Waals surface area (Å²) in [5.74, 6) is 0.973. The number of rotatable bonds is 8. The molecule has 1 heterocycles. The van der Waals surface area contributed by atoms with Crippen LogP contribution in [0.1, 0.15) is 11.1 Å². The lowest BCUT2D eigenvalue weighted by atomic mass is 10.1. The van der Waals surface area contributed by atoms with Crippen LogP contribution in [0, 0.1) is 0 Å². The SMILES string of the molecule is C=CCOc1ccc(C=C2N=C(c3ccccc3)OC2=O)c(OCC=C)c1. The Labute approximate surface area is 157 Å². The van der Waals surface area contributed by atoms with E-state index in [1.54, 1.807) is 36.4 Å². The van der Waals surface area contributed by atoms with E-state index >= 15 is 0 Å². The van der Waals surface area contributed by atoms with Crippen molar-refractivity contribution in [3.05, 3.63) is 90.7 Å². The predicted molar refractivity (Wildman–Crippen MR) is 105 cm³/mol. The standard InChI is InChI=1S/C22H19NO4/c1-3-12-25-18-11-10-17(20(15-18)26-13-4-2)14-19-22(24)27-21(23-19)16-8-6-5-7-9-16/h3-11,14-15H,1-2,12-13H2. The Balaban J connectivity index is 1.92. The van der Waals surface area contributed by atoms with Crippen molar-refractivity contribution in [3.63, 3.8) is 0 Å². The molecule has 27 heavy (non-hydrogen) atoms. The first-order chi connectivity index (χ1) is 13.2. The Bertz CT molecular complexity index is 913. The summed E-state index contributed by atoms with van der Waals surface area (Å²) in [7, 11) is 0. The van der Waals surface area contributed by atoms with Crippen LogP contribution >= 0.6 is 0 Å². The molecule has 3 rings (SSSR count). The van der Waals surface area contributed by atoms with Gasteiger partial charge in [0.25, 0.3) is 0 Å². The lowest BCUT2D eigenvalue weighted by molar-refractivity contribution is -0.129. The molecule has 2 aromatic carbocycles. The number of nitrogens with zero attached hydrogens (tertiary/aromatic N) is 1. The number of cyclic esters (lactones) is 1. The van der Waals surface area contributed by atoms with Crippen molar-refractivity contribution in [3.8, 4) is 11.5 Å². The number of aliphatic imine (C=N–C) groups is 1. The molecule has 1 aliphatic rings. The molecular weight excluding hydrogens is 342 g/mol. The van der Waals surface area contributed by atoms with Crippen LogP contribution < -0.4 is 9.47 Å². The third kappa shape index (κ3) is 4.52. The number of carbonyl (C=O) groups excluding carboxylic acids is 1. The van der Waals surface area contributed by atoms with Crippen LogP contribution in [0.25, 0.3) is 6.08 Å². The molecule has 5 nitrogen and oxygen atoms in total. The molecule has 2 aromatic rings. The topological polar surface area (TPSA) is 57.1 Å². The van der Waals surface area contributed by atoms with Crippen LogP contribution in [0.2, 0.25) is 0 Å². The van der Waals surface area contributed by atoms with Gasteiger partial charge < -0.3 is 14.2 Å². The fourth-order valence-electron chi connectivity index (χ4n) is 2.41. The van der Waals surface area contributed by atoms with Gasteiger partial charge >= 0.3 is 5.97 Å². The molecule has 0 N–H and O–H groups in total. The maximum Gasteiger partial charge on any atom is 0.363 e. The maximum absolute atomic E-state index is 12.2. The number of ether oxygens (including phenoxy) is 3. The molecule has 0 spiro atoms. The highest BCUT2D eigenvalue weighted by Gasteiger charge is 2.24. The molecule has 0 saturated carbocycles. The molecule has 136 valence electrons. The van der Waals surface area contributed by atoms with E-state index in [0.29, 0.717) is 30.3 Å². The first-order valence-electron chi connectivity index (χ1n) is 8.40. The molecule has 1 aliphatic heterocycles. The molecule has 0 saturated heterocycles. The number of hydrogen-bond acceptors (Lipinski definition) is 5. The van der Waals surface area contributed by atoms with Gasteiger partial charge in [-0.25, -0.2) is 9.79 Å². The quantitative estimate of drug-likeness (QED) is 0.402. The highest BCUT2D eigenvalue weighted by Crippen LogP contribution is 2.29. The number of carbonyl (C=O) groups is 1. The lowest BCUT2D eigenvalue weighted by Crippen LogP contribution is -2.05. The average molecular weight is 361 g/mol. The molecule has 0 amide bonds. The zero-order valence-electron chi connectivity index (χ0n) is 14.8. The average Bonchev–Trinajstić information content (AvgIpc) is 3.07. The summed E-state index contributed by atoms with van der Waals surface area (Å²) >= 11 is 0. The largest absolute Gasteiger partial charge is 0.489 e. The van der Waals surface area contributed by atoms with E-state index in [1.807, 2.05) is 30.3 Å². The monoisotopic (exact) mass is 361 g/mol. The molecule has 0 unspecified atom stereocenters. The van der Waals surface area contributed by atoms with Crippen molar-refractivity contribution in [1.82, 2.24) is 0 Å². The first-order valence-corrected chi connectivity index (χ1v) is 8.40. The number of esters is 1. The summed E-state index contributed by atoms with van der Waals surface area (Å²) in [5, 5.41) is 0. The van der Waals surface area contributed by atoms with Crippen molar-refractivity contribution in [2.75, 3.05) is 13.2 Å². The van der Waals surface area contributed by atoms with Gasteiger partial charge in [0.15, 0.2) is 5.70 Å². The van der Waals surface area contributed by atoms with E-state index in [0.717, 1.165) is 5.56 Å². The Morgan fingerprint density at radius 1 is 1.00 bits per heavy atom. The molecule has 0 aliphatic carbocycles. The van der Waals surface area contributed by atoms with Gasteiger partial charge in [-0.1, -0.05) is 43.5 Å². The number of benzene rings is 2. The Morgan fingerprint density at radius 2 is 1.74 bits per heavy atom. The smallest absolute Gasteiger partial charge is 0.363 e. The van der Waals surface area contributed by atoms with Gasteiger partial charge in [-0.05, 0) is 30.3 Å². The molecule has 0 bridgehead atoms. The second-order valence-corrected chi connectivity index (χ2v) is 5.60. The van der Waals surface area contributed by atoms with Crippen LogP contribution in [0.15, 0.2) is 84.5 Å². The van der Waals surface area contributed by atoms with Crippen molar-refractivity contribution in [1.29, 1.82) is 0 Å². The summed E-state index contributed by atoms with van der Waals surface area (Å²) in [6, 6.07) is 14.6. The summed E-state index contributed by atoms with van der Waals surface area (Å²) < 4.78 is 16.5. The maximum atomic E-state index is 12.2.